The number of carbonyl (C=O) groups excluding carboxylic acids is 2. The van der Waals surface area contributed by atoms with Crippen LogP contribution in [-0.4, -0.2) is 54.1 Å². The first-order chi connectivity index (χ1) is 10.3. The normalized spacial score (nSPS) is 38.5. The molecule has 5 heteroatoms. The summed E-state index contributed by atoms with van der Waals surface area (Å²) in [6, 6.07) is -0.151. The van der Waals surface area contributed by atoms with Crippen molar-refractivity contribution in [1.82, 2.24) is 9.80 Å². The average molecular weight is 292 g/mol. The highest BCUT2D eigenvalue weighted by Gasteiger charge is 2.56. The molecule has 3 saturated heterocycles. The number of hydrogen-bond donors (Lipinski definition) is 0. The smallest absolute Gasteiger partial charge is 0.327 e. The molecule has 0 aromatic rings. The number of nitrogens with zero attached hydrogens (tertiary/aromatic N) is 2. The molecule has 1 unspecified atom stereocenters. The Morgan fingerprint density at radius 3 is 2.90 bits per heavy atom. The lowest BCUT2D eigenvalue weighted by Gasteiger charge is -2.18. The third-order valence-electron chi connectivity index (χ3n) is 5.90. The van der Waals surface area contributed by atoms with Crippen LogP contribution in [0.3, 0.4) is 0 Å². The van der Waals surface area contributed by atoms with Gasteiger partial charge in [-0.3, -0.25) is 9.69 Å². The predicted molar refractivity (Wildman–Crippen MR) is 76.6 cm³/mol. The van der Waals surface area contributed by atoms with Crippen LogP contribution in [0.5, 0.6) is 0 Å². The molecule has 4 rings (SSSR count). The molecule has 3 aliphatic heterocycles. The van der Waals surface area contributed by atoms with E-state index in [9.17, 15) is 9.59 Å². The van der Waals surface area contributed by atoms with Crippen LogP contribution in [0.4, 0.5) is 4.79 Å². The molecule has 1 saturated carbocycles. The van der Waals surface area contributed by atoms with Gasteiger partial charge in [0.2, 0.25) is 0 Å². The van der Waals surface area contributed by atoms with Crippen molar-refractivity contribution in [3.8, 4) is 0 Å². The van der Waals surface area contributed by atoms with E-state index in [1.807, 2.05) is 4.90 Å². The van der Waals surface area contributed by atoms with Crippen LogP contribution in [0.1, 0.15) is 38.5 Å². The highest BCUT2D eigenvalue weighted by Crippen LogP contribution is 2.45. The van der Waals surface area contributed by atoms with Crippen molar-refractivity contribution < 1.29 is 14.3 Å². The number of fused-ring (bicyclic) bond motifs is 3. The molecule has 0 aromatic heterocycles. The Balaban J connectivity index is 1.36. The average Bonchev–Trinajstić information content (AvgIpc) is 3.19. The van der Waals surface area contributed by atoms with Gasteiger partial charge >= 0.3 is 6.03 Å². The van der Waals surface area contributed by atoms with Crippen molar-refractivity contribution in [3.63, 3.8) is 0 Å². The lowest BCUT2D eigenvalue weighted by Crippen LogP contribution is -2.35. The van der Waals surface area contributed by atoms with E-state index in [0.717, 1.165) is 45.4 Å². The number of amides is 3. The van der Waals surface area contributed by atoms with Crippen molar-refractivity contribution in [2.24, 2.45) is 17.8 Å². The van der Waals surface area contributed by atoms with Crippen molar-refractivity contribution in [1.29, 1.82) is 0 Å². The van der Waals surface area contributed by atoms with Crippen LogP contribution in [0.25, 0.3) is 0 Å². The van der Waals surface area contributed by atoms with E-state index in [4.69, 9.17) is 4.74 Å². The van der Waals surface area contributed by atoms with Gasteiger partial charge in [-0.1, -0.05) is 6.42 Å². The van der Waals surface area contributed by atoms with Crippen molar-refractivity contribution >= 4 is 11.9 Å². The highest BCUT2D eigenvalue weighted by molar-refractivity contribution is 6.04. The zero-order valence-corrected chi connectivity index (χ0v) is 12.5. The van der Waals surface area contributed by atoms with E-state index in [-0.39, 0.29) is 18.0 Å². The summed E-state index contributed by atoms with van der Waals surface area (Å²) in [7, 11) is 0. The van der Waals surface area contributed by atoms with Gasteiger partial charge < -0.3 is 9.64 Å². The second kappa shape index (κ2) is 5.27. The number of rotatable bonds is 4. The van der Waals surface area contributed by atoms with Crippen molar-refractivity contribution in [2.45, 2.75) is 44.6 Å². The molecule has 4 fully saturated rings. The minimum Gasteiger partial charge on any atom is -0.381 e. The summed E-state index contributed by atoms with van der Waals surface area (Å²) in [5.74, 6) is 1.73. The molecule has 0 spiro atoms. The lowest BCUT2D eigenvalue weighted by molar-refractivity contribution is -0.129. The molecule has 116 valence electrons. The Hall–Kier alpha value is -1.10. The summed E-state index contributed by atoms with van der Waals surface area (Å²) in [4.78, 5) is 28.4. The Morgan fingerprint density at radius 1 is 1.19 bits per heavy atom. The monoisotopic (exact) mass is 292 g/mol. The third kappa shape index (κ3) is 2.17. The van der Waals surface area contributed by atoms with E-state index in [1.54, 1.807) is 0 Å². The van der Waals surface area contributed by atoms with Crippen LogP contribution < -0.4 is 0 Å². The third-order valence-corrected chi connectivity index (χ3v) is 5.90. The molecular weight excluding hydrogens is 268 g/mol. The first-order valence-electron chi connectivity index (χ1n) is 8.45. The summed E-state index contributed by atoms with van der Waals surface area (Å²) >= 11 is 0. The van der Waals surface area contributed by atoms with E-state index in [1.165, 1.54) is 17.7 Å². The van der Waals surface area contributed by atoms with Gasteiger partial charge in [-0.15, -0.1) is 0 Å². The fourth-order valence-corrected chi connectivity index (χ4v) is 4.78. The molecule has 4 aliphatic rings. The van der Waals surface area contributed by atoms with E-state index < -0.39 is 0 Å². The van der Waals surface area contributed by atoms with Crippen LogP contribution in [0.2, 0.25) is 0 Å². The number of hydrogen-bond acceptors (Lipinski definition) is 3. The fourth-order valence-electron chi connectivity index (χ4n) is 4.78. The maximum atomic E-state index is 12.6. The second-order valence-corrected chi connectivity index (χ2v) is 7.10. The SMILES string of the molecule is O=C1[C@@H]2[C@@H]3CCC[C@@H]3CN2C(=O)N1CCCC1CCOC1. The zero-order chi connectivity index (χ0) is 14.4. The molecule has 3 amide bonds. The summed E-state index contributed by atoms with van der Waals surface area (Å²) in [5.41, 5.74) is 0. The van der Waals surface area contributed by atoms with Gasteiger partial charge in [-0.25, -0.2) is 4.79 Å². The largest absolute Gasteiger partial charge is 0.381 e. The number of carbonyl (C=O) groups is 2. The Kier molecular flexibility index (Phi) is 3.40. The Bertz CT molecular complexity index is 447. The minimum atomic E-state index is -0.125. The molecular formula is C16H24N2O3. The first-order valence-corrected chi connectivity index (χ1v) is 8.45. The zero-order valence-electron chi connectivity index (χ0n) is 12.5. The fraction of sp³-hybridized carbons (Fsp3) is 0.875. The standard InChI is InChI=1S/C16H24N2O3/c19-15-14-13-5-1-4-12(13)9-18(14)16(20)17(15)7-2-3-11-6-8-21-10-11/h11-14H,1-10H2/t11?,12-,13-,14+/m1/s1. The summed E-state index contributed by atoms with van der Waals surface area (Å²) in [6.45, 7) is 3.12. The van der Waals surface area contributed by atoms with Crippen molar-refractivity contribution in [2.75, 3.05) is 26.3 Å². The second-order valence-electron chi connectivity index (χ2n) is 7.10. The Morgan fingerprint density at radius 2 is 2.10 bits per heavy atom. The molecule has 0 N–H and O–H groups in total. The minimum absolute atomic E-state index is 0.0259. The summed E-state index contributed by atoms with van der Waals surface area (Å²) in [6.07, 6.45) is 6.65. The molecule has 3 heterocycles. The van der Waals surface area contributed by atoms with Gasteiger partial charge in [0, 0.05) is 26.3 Å². The molecule has 0 bridgehead atoms. The Labute approximate surface area is 125 Å². The molecule has 4 atom stereocenters. The molecule has 5 nitrogen and oxygen atoms in total. The summed E-state index contributed by atoms with van der Waals surface area (Å²) < 4.78 is 5.37. The first kappa shape index (κ1) is 13.6. The number of imide groups is 1. The lowest BCUT2D eigenvalue weighted by atomic mass is 9.93. The van der Waals surface area contributed by atoms with E-state index in [0.29, 0.717) is 24.3 Å². The van der Waals surface area contributed by atoms with Crippen molar-refractivity contribution in [3.05, 3.63) is 0 Å². The van der Waals surface area contributed by atoms with Gasteiger partial charge in [0.05, 0.1) is 0 Å². The number of ether oxygens (including phenoxy) is 1. The maximum Gasteiger partial charge on any atom is 0.327 e. The molecule has 21 heavy (non-hydrogen) atoms. The summed E-state index contributed by atoms with van der Waals surface area (Å²) in [5, 5.41) is 0. The topological polar surface area (TPSA) is 49.9 Å². The number of urea groups is 1. The van der Waals surface area contributed by atoms with Gasteiger partial charge in [0.15, 0.2) is 0 Å². The maximum absolute atomic E-state index is 12.6. The van der Waals surface area contributed by atoms with E-state index in [2.05, 4.69) is 0 Å². The predicted octanol–water partition coefficient (Wildman–Crippen LogP) is 1.87. The van der Waals surface area contributed by atoms with Gasteiger partial charge in [-0.2, -0.15) is 0 Å². The molecule has 1 aliphatic carbocycles. The van der Waals surface area contributed by atoms with Crippen LogP contribution in [-0.2, 0) is 9.53 Å². The van der Waals surface area contributed by atoms with Gasteiger partial charge in [0.25, 0.3) is 5.91 Å². The molecule has 0 radical (unpaired) electrons. The van der Waals surface area contributed by atoms with Crippen LogP contribution >= 0.6 is 0 Å². The van der Waals surface area contributed by atoms with E-state index >= 15 is 0 Å². The quantitative estimate of drug-likeness (QED) is 0.743. The van der Waals surface area contributed by atoms with Crippen LogP contribution in [0, 0.1) is 17.8 Å². The molecule has 0 aromatic carbocycles. The van der Waals surface area contributed by atoms with Gasteiger partial charge in [-0.05, 0) is 49.9 Å². The van der Waals surface area contributed by atoms with Crippen LogP contribution in [0.15, 0.2) is 0 Å². The highest BCUT2D eigenvalue weighted by atomic mass is 16.5. The van der Waals surface area contributed by atoms with Gasteiger partial charge in [0.1, 0.15) is 6.04 Å².